The fourth-order valence-corrected chi connectivity index (χ4v) is 1.88. The van der Waals surface area contributed by atoms with Crippen molar-refractivity contribution < 1.29 is 27.9 Å². The van der Waals surface area contributed by atoms with Crippen LogP contribution in [-0.4, -0.2) is 59.9 Å². The fourth-order valence-electron chi connectivity index (χ4n) is 1.88. The molecule has 1 unspecified atom stereocenters. The minimum absolute atomic E-state index is 0.392. The molecule has 0 aliphatic carbocycles. The highest BCUT2D eigenvalue weighted by atomic mass is 19.4. The molecular weight excluding hydrogens is 279 g/mol. The van der Waals surface area contributed by atoms with Gasteiger partial charge in [0.25, 0.3) is 0 Å². The molecule has 0 spiro atoms. The third-order valence-corrected chi connectivity index (χ3v) is 3.11. The highest BCUT2D eigenvalue weighted by Crippen LogP contribution is 2.13. The van der Waals surface area contributed by atoms with Crippen molar-refractivity contribution in [2.24, 2.45) is 0 Å². The summed E-state index contributed by atoms with van der Waals surface area (Å²) in [5, 5.41) is 12.8. The van der Waals surface area contributed by atoms with E-state index in [1.165, 1.54) is 0 Å². The monoisotopic (exact) mass is 297 g/mol. The summed E-state index contributed by atoms with van der Waals surface area (Å²) >= 11 is 0. The fraction of sp³-hybridized carbons (Fsp3) is 0.818. The molecule has 1 aliphatic heterocycles. The first-order valence-electron chi connectivity index (χ1n) is 6.26. The molecule has 116 valence electrons. The highest BCUT2D eigenvalue weighted by molar-refractivity contribution is 5.96. The van der Waals surface area contributed by atoms with Gasteiger partial charge in [-0.2, -0.15) is 13.2 Å². The van der Waals surface area contributed by atoms with Crippen LogP contribution in [0.3, 0.4) is 0 Å². The minimum Gasteiger partial charge on any atom is -0.393 e. The zero-order valence-corrected chi connectivity index (χ0v) is 11.0. The van der Waals surface area contributed by atoms with Gasteiger partial charge in [-0.05, 0) is 19.8 Å². The maximum absolute atomic E-state index is 11.9. The van der Waals surface area contributed by atoms with E-state index in [-0.39, 0.29) is 0 Å². The quantitative estimate of drug-likeness (QED) is 0.696. The number of amides is 3. The minimum atomic E-state index is -4.52. The Balaban J connectivity index is 2.36. The lowest BCUT2D eigenvalue weighted by atomic mass is 10.1. The van der Waals surface area contributed by atoms with Gasteiger partial charge in [0.2, 0.25) is 5.91 Å². The lowest BCUT2D eigenvalue weighted by molar-refractivity contribution is -0.127. The molecule has 1 rings (SSSR count). The average Bonchev–Trinajstić information content (AvgIpc) is 2.35. The molecule has 1 fully saturated rings. The first-order valence-corrected chi connectivity index (χ1v) is 6.26. The van der Waals surface area contributed by atoms with E-state index in [1.807, 2.05) is 5.32 Å². The number of carbonyl (C=O) groups is 2. The van der Waals surface area contributed by atoms with Crippen LogP contribution in [0, 0.1) is 0 Å². The van der Waals surface area contributed by atoms with E-state index in [4.69, 9.17) is 0 Å². The molecule has 0 saturated carbocycles. The van der Waals surface area contributed by atoms with E-state index < -0.39 is 36.8 Å². The van der Waals surface area contributed by atoms with Gasteiger partial charge in [0.15, 0.2) is 0 Å². The van der Waals surface area contributed by atoms with E-state index in [1.54, 1.807) is 17.1 Å². The molecule has 1 aliphatic rings. The lowest BCUT2D eigenvalue weighted by Crippen LogP contribution is -2.52. The number of aliphatic hydroxyl groups is 1. The molecule has 20 heavy (non-hydrogen) atoms. The van der Waals surface area contributed by atoms with Crippen LogP contribution in [0.4, 0.5) is 18.0 Å². The number of hydrogen-bond donors (Lipinski definition) is 3. The molecule has 0 aromatic rings. The molecule has 3 amide bonds. The van der Waals surface area contributed by atoms with E-state index in [0.29, 0.717) is 25.9 Å². The number of nitrogens with one attached hydrogen (secondary N) is 2. The third-order valence-electron chi connectivity index (χ3n) is 3.11. The van der Waals surface area contributed by atoms with Crippen LogP contribution in [0.2, 0.25) is 0 Å². The summed E-state index contributed by atoms with van der Waals surface area (Å²) in [4.78, 5) is 24.6. The smallest absolute Gasteiger partial charge is 0.393 e. The zero-order valence-electron chi connectivity index (χ0n) is 11.0. The molecule has 0 aromatic heterocycles. The number of hydrogen-bond acceptors (Lipinski definition) is 4. The Hall–Kier alpha value is -1.35. The maximum Gasteiger partial charge on any atom is 0.405 e. The van der Waals surface area contributed by atoms with Gasteiger partial charge >= 0.3 is 12.2 Å². The number of halogens is 3. The molecule has 6 nitrogen and oxygen atoms in total. The van der Waals surface area contributed by atoms with E-state index in [0.717, 1.165) is 0 Å². The summed E-state index contributed by atoms with van der Waals surface area (Å²) in [6.45, 7) is 1.07. The predicted molar refractivity (Wildman–Crippen MR) is 63.9 cm³/mol. The Labute approximate surface area is 114 Å². The van der Waals surface area contributed by atoms with Crippen molar-refractivity contribution in [1.29, 1.82) is 0 Å². The van der Waals surface area contributed by atoms with Gasteiger partial charge in [0.1, 0.15) is 6.54 Å². The number of urea groups is 1. The van der Waals surface area contributed by atoms with Gasteiger partial charge in [-0.3, -0.25) is 15.0 Å². The van der Waals surface area contributed by atoms with Crippen molar-refractivity contribution >= 4 is 11.9 Å². The lowest BCUT2D eigenvalue weighted by Gasteiger charge is -2.33. The number of imide groups is 1. The second-order valence-corrected chi connectivity index (χ2v) is 4.73. The van der Waals surface area contributed by atoms with Crippen LogP contribution in [0.1, 0.15) is 19.8 Å². The second-order valence-electron chi connectivity index (χ2n) is 4.73. The second kappa shape index (κ2) is 6.89. The van der Waals surface area contributed by atoms with Crippen LogP contribution in [0.5, 0.6) is 0 Å². The summed E-state index contributed by atoms with van der Waals surface area (Å²) < 4.78 is 35.6. The van der Waals surface area contributed by atoms with Crippen LogP contribution in [0.25, 0.3) is 0 Å². The summed E-state index contributed by atoms with van der Waals surface area (Å²) in [7, 11) is 0. The summed E-state index contributed by atoms with van der Waals surface area (Å²) in [5.74, 6) is -0.666. The van der Waals surface area contributed by atoms with Crippen molar-refractivity contribution in [3.05, 3.63) is 0 Å². The van der Waals surface area contributed by atoms with Crippen molar-refractivity contribution in [2.75, 3.05) is 19.6 Å². The molecule has 0 aromatic carbocycles. The van der Waals surface area contributed by atoms with Crippen LogP contribution in [-0.2, 0) is 4.79 Å². The number of nitrogens with zero attached hydrogens (tertiary/aromatic N) is 1. The van der Waals surface area contributed by atoms with Crippen molar-refractivity contribution in [1.82, 2.24) is 15.5 Å². The first kappa shape index (κ1) is 16.7. The highest BCUT2D eigenvalue weighted by Gasteiger charge is 2.29. The van der Waals surface area contributed by atoms with Crippen molar-refractivity contribution in [3.63, 3.8) is 0 Å². The van der Waals surface area contributed by atoms with E-state index in [2.05, 4.69) is 0 Å². The Morgan fingerprint density at radius 3 is 2.40 bits per heavy atom. The molecule has 1 atom stereocenters. The van der Waals surface area contributed by atoms with Crippen molar-refractivity contribution in [2.45, 2.75) is 38.1 Å². The molecule has 9 heteroatoms. The molecule has 1 heterocycles. The predicted octanol–water partition coefficient (Wildman–Crippen LogP) is 0.220. The number of aliphatic hydroxyl groups excluding tert-OH is 1. The van der Waals surface area contributed by atoms with Gasteiger partial charge in [-0.1, -0.05) is 0 Å². The number of rotatable bonds is 3. The summed E-state index contributed by atoms with van der Waals surface area (Å²) in [6.07, 6.45) is -3.86. The summed E-state index contributed by atoms with van der Waals surface area (Å²) in [5.41, 5.74) is 0. The van der Waals surface area contributed by atoms with Crippen LogP contribution >= 0.6 is 0 Å². The molecular formula is C11H18F3N3O3. The standard InChI is InChI=1S/C11H18F3N3O3/c1-7(17-4-2-8(18)3-5-17)9(19)16-10(20)15-6-11(12,13)14/h7-8,18H,2-6H2,1H3,(H2,15,16,19,20). The first-order chi connectivity index (χ1) is 9.19. The molecule has 0 radical (unpaired) electrons. The third kappa shape index (κ3) is 5.74. The maximum atomic E-state index is 11.9. The SMILES string of the molecule is CC(C(=O)NC(=O)NCC(F)(F)F)N1CCC(O)CC1. The topological polar surface area (TPSA) is 81.7 Å². The molecule has 0 bridgehead atoms. The number of likely N-dealkylation sites (tertiary alicyclic amines) is 1. The van der Waals surface area contributed by atoms with Gasteiger partial charge < -0.3 is 10.4 Å². The van der Waals surface area contributed by atoms with Crippen LogP contribution in [0.15, 0.2) is 0 Å². The average molecular weight is 297 g/mol. The van der Waals surface area contributed by atoms with Gasteiger partial charge in [-0.15, -0.1) is 0 Å². The van der Waals surface area contributed by atoms with Crippen LogP contribution < -0.4 is 10.6 Å². The van der Waals surface area contributed by atoms with Crippen molar-refractivity contribution in [3.8, 4) is 0 Å². The normalized spacial score (nSPS) is 19.4. The zero-order chi connectivity index (χ0) is 15.3. The summed E-state index contributed by atoms with van der Waals surface area (Å²) in [6, 6.07) is -1.81. The largest absolute Gasteiger partial charge is 0.405 e. The number of carbonyl (C=O) groups excluding carboxylic acids is 2. The molecule has 1 saturated heterocycles. The number of piperidine rings is 1. The van der Waals surface area contributed by atoms with Gasteiger partial charge in [-0.25, -0.2) is 4.79 Å². The Kier molecular flexibility index (Phi) is 5.75. The van der Waals surface area contributed by atoms with E-state index in [9.17, 15) is 27.9 Å². The Bertz CT molecular complexity index is 355. The Morgan fingerprint density at radius 2 is 1.90 bits per heavy atom. The number of alkyl halides is 3. The van der Waals surface area contributed by atoms with Gasteiger partial charge in [0, 0.05) is 13.1 Å². The van der Waals surface area contributed by atoms with E-state index >= 15 is 0 Å². The van der Waals surface area contributed by atoms with Gasteiger partial charge in [0.05, 0.1) is 12.1 Å². The molecule has 3 N–H and O–H groups in total. The Morgan fingerprint density at radius 1 is 1.35 bits per heavy atom.